The second kappa shape index (κ2) is 11.0. The second-order valence-electron chi connectivity index (χ2n) is 4.04. The van der Waals surface area contributed by atoms with Crippen LogP contribution < -0.4 is 5.32 Å². The fourth-order valence-electron chi connectivity index (χ4n) is 1.60. The summed E-state index contributed by atoms with van der Waals surface area (Å²) >= 11 is 0. The van der Waals surface area contributed by atoms with Crippen LogP contribution in [0.5, 0.6) is 0 Å². The SMILES string of the molecule is CCCCCCCC(=O)C(CO)NCCO. The molecule has 96 valence electrons. The molecule has 4 nitrogen and oxygen atoms in total. The van der Waals surface area contributed by atoms with Crippen molar-refractivity contribution in [1.82, 2.24) is 5.32 Å². The molecule has 0 fully saturated rings. The fraction of sp³-hybridized carbons (Fsp3) is 0.917. The first-order chi connectivity index (χ1) is 7.76. The second-order valence-corrected chi connectivity index (χ2v) is 4.04. The van der Waals surface area contributed by atoms with Crippen LogP contribution in [0.25, 0.3) is 0 Å². The molecule has 0 aliphatic heterocycles. The number of carbonyl (C=O) groups is 1. The van der Waals surface area contributed by atoms with Crippen LogP contribution in [0.15, 0.2) is 0 Å². The summed E-state index contributed by atoms with van der Waals surface area (Å²) < 4.78 is 0. The van der Waals surface area contributed by atoms with Gasteiger partial charge in [-0.05, 0) is 6.42 Å². The first-order valence-corrected chi connectivity index (χ1v) is 6.24. The average Bonchev–Trinajstić information content (AvgIpc) is 2.30. The van der Waals surface area contributed by atoms with Crippen molar-refractivity contribution in [2.24, 2.45) is 0 Å². The minimum atomic E-state index is -0.502. The van der Waals surface area contributed by atoms with E-state index in [1.54, 1.807) is 0 Å². The van der Waals surface area contributed by atoms with E-state index in [9.17, 15) is 4.79 Å². The molecule has 0 aromatic carbocycles. The van der Waals surface area contributed by atoms with Gasteiger partial charge in [0.05, 0.1) is 19.3 Å². The molecular formula is C12H25NO3. The third-order valence-electron chi connectivity index (χ3n) is 2.60. The maximum absolute atomic E-state index is 11.6. The van der Waals surface area contributed by atoms with E-state index in [2.05, 4.69) is 12.2 Å². The van der Waals surface area contributed by atoms with Gasteiger partial charge in [0.1, 0.15) is 0 Å². The molecule has 1 unspecified atom stereocenters. The van der Waals surface area contributed by atoms with Gasteiger partial charge in [-0.25, -0.2) is 0 Å². The summed E-state index contributed by atoms with van der Waals surface area (Å²) in [5, 5.41) is 20.4. The maximum Gasteiger partial charge on any atom is 0.152 e. The van der Waals surface area contributed by atoms with Gasteiger partial charge >= 0.3 is 0 Å². The first-order valence-electron chi connectivity index (χ1n) is 6.24. The van der Waals surface area contributed by atoms with Crippen LogP contribution in [-0.4, -0.2) is 41.8 Å². The Morgan fingerprint density at radius 2 is 1.88 bits per heavy atom. The van der Waals surface area contributed by atoms with Gasteiger partial charge < -0.3 is 15.5 Å². The predicted octanol–water partition coefficient (Wildman–Crippen LogP) is 0.859. The Morgan fingerprint density at radius 3 is 2.44 bits per heavy atom. The molecule has 0 bridgehead atoms. The van der Waals surface area contributed by atoms with E-state index in [0.29, 0.717) is 13.0 Å². The number of rotatable bonds is 11. The zero-order chi connectivity index (χ0) is 12.2. The zero-order valence-electron chi connectivity index (χ0n) is 10.2. The largest absolute Gasteiger partial charge is 0.395 e. The molecule has 0 radical (unpaired) electrons. The predicted molar refractivity (Wildman–Crippen MR) is 64.3 cm³/mol. The quantitative estimate of drug-likeness (QED) is 0.461. The molecule has 0 amide bonds. The lowest BCUT2D eigenvalue weighted by atomic mass is 10.0. The van der Waals surface area contributed by atoms with Gasteiger partial charge in [-0.3, -0.25) is 4.79 Å². The molecule has 0 spiro atoms. The third kappa shape index (κ3) is 7.79. The van der Waals surface area contributed by atoms with Crippen molar-refractivity contribution in [1.29, 1.82) is 0 Å². The topological polar surface area (TPSA) is 69.6 Å². The molecule has 0 saturated heterocycles. The number of ketones is 1. The Bertz CT molecular complexity index is 174. The summed E-state index contributed by atoms with van der Waals surface area (Å²) in [5.74, 6) is 0.0486. The van der Waals surface area contributed by atoms with Gasteiger partial charge in [-0.2, -0.15) is 0 Å². The molecule has 0 saturated carbocycles. The van der Waals surface area contributed by atoms with E-state index < -0.39 is 6.04 Å². The number of carbonyl (C=O) groups excluding carboxylic acids is 1. The van der Waals surface area contributed by atoms with Crippen molar-refractivity contribution in [3.05, 3.63) is 0 Å². The highest BCUT2D eigenvalue weighted by molar-refractivity contribution is 5.84. The van der Waals surface area contributed by atoms with E-state index in [-0.39, 0.29) is 19.0 Å². The lowest BCUT2D eigenvalue weighted by Crippen LogP contribution is -2.41. The van der Waals surface area contributed by atoms with E-state index >= 15 is 0 Å². The summed E-state index contributed by atoms with van der Waals surface area (Å²) in [6, 6.07) is -0.502. The fourth-order valence-corrected chi connectivity index (χ4v) is 1.60. The Morgan fingerprint density at radius 1 is 1.19 bits per heavy atom. The van der Waals surface area contributed by atoms with Gasteiger partial charge in [0.25, 0.3) is 0 Å². The van der Waals surface area contributed by atoms with E-state index in [4.69, 9.17) is 10.2 Å². The summed E-state index contributed by atoms with van der Waals surface area (Å²) in [6.07, 6.45) is 6.10. The van der Waals surface area contributed by atoms with Gasteiger partial charge in [-0.15, -0.1) is 0 Å². The lowest BCUT2D eigenvalue weighted by molar-refractivity contribution is -0.122. The summed E-state index contributed by atoms with van der Waals surface area (Å²) in [7, 11) is 0. The Balaban J connectivity index is 3.58. The van der Waals surface area contributed by atoms with Crippen LogP contribution in [0, 0.1) is 0 Å². The molecule has 4 heteroatoms. The molecule has 0 aliphatic rings. The average molecular weight is 231 g/mol. The first kappa shape index (κ1) is 15.6. The zero-order valence-corrected chi connectivity index (χ0v) is 10.2. The molecule has 0 aliphatic carbocycles. The molecule has 0 heterocycles. The number of aliphatic hydroxyl groups excluding tert-OH is 2. The Hall–Kier alpha value is -0.450. The molecule has 0 rings (SSSR count). The maximum atomic E-state index is 11.6. The molecular weight excluding hydrogens is 206 g/mol. The normalized spacial score (nSPS) is 12.7. The van der Waals surface area contributed by atoms with E-state index in [1.165, 1.54) is 19.3 Å². The Labute approximate surface area is 98.1 Å². The number of Topliss-reactive ketones (excluding diaryl/α,β-unsaturated/α-hetero) is 1. The Kier molecular flexibility index (Phi) is 10.7. The van der Waals surface area contributed by atoms with Gasteiger partial charge in [0.2, 0.25) is 0 Å². The van der Waals surface area contributed by atoms with Crippen molar-refractivity contribution in [3.8, 4) is 0 Å². The third-order valence-corrected chi connectivity index (χ3v) is 2.60. The monoisotopic (exact) mass is 231 g/mol. The van der Waals surface area contributed by atoms with Crippen LogP contribution in [0.4, 0.5) is 0 Å². The highest BCUT2D eigenvalue weighted by atomic mass is 16.3. The van der Waals surface area contributed by atoms with Crippen molar-refractivity contribution >= 4 is 5.78 Å². The van der Waals surface area contributed by atoms with Crippen molar-refractivity contribution < 1.29 is 15.0 Å². The van der Waals surface area contributed by atoms with Crippen molar-refractivity contribution in [2.45, 2.75) is 51.5 Å². The van der Waals surface area contributed by atoms with Gasteiger partial charge in [0, 0.05) is 13.0 Å². The molecule has 1 atom stereocenters. The molecule has 0 aromatic heterocycles. The van der Waals surface area contributed by atoms with Crippen LogP contribution in [-0.2, 0) is 4.79 Å². The number of nitrogens with one attached hydrogen (secondary N) is 1. The number of hydrogen-bond acceptors (Lipinski definition) is 4. The highest BCUT2D eigenvalue weighted by Crippen LogP contribution is 2.06. The number of unbranched alkanes of at least 4 members (excludes halogenated alkanes) is 4. The van der Waals surface area contributed by atoms with E-state index in [1.807, 2.05) is 0 Å². The van der Waals surface area contributed by atoms with E-state index in [0.717, 1.165) is 12.8 Å². The summed E-state index contributed by atoms with van der Waals surface area (Å²) in [5.41, 5.74) is 0. The number of hydrogen-bond donors (Lipinski definition) is 3. The summed E-state index contributed by atoms with van der Waals surface area (Å²) in [6.45, 7) is 2.31. The molecule has 0 aromatic rings. The summed E-state index contributed by atoms with van der Waals surface area (Å²) in [4.78, 5) is 11.6. The molecule has 3 N–H and O–H groups in total. The van der Waals surface area contributed by atoms with Crippen LogP contribution >= 0.6 is 0 Å². The minimum absolute atomic E-state index is 0.0136. The van der Waals surface area contributed by atoms with Gasteiger partial charge in [0.15, 0.2) is 5.78 Å². The van der Waals surface area contributed by atoms with Gasteiger partial charge in [-0.1, -0.05) is 32.6 Å². The van der Waals surface area contributed by atoms with Crippen molar-refractivity contribution in [2.75, 3.05) is 19.8 Å². The van der Waals surface area contributed by atoms with Crippen molar-refractivity contribution in [3.63, 3.8) is 0 Å². The standard InChI is InChI=1S/C12H25NO3/c1-2-3-4-5-6-7-12(16)11(10-15)13-8-9-14/h11,13-15H,2-10H2,1H3. The number of aliphatic hydroxyl groups is 2. The smallest absolute Gasteiger partial charge is 0.152 e. The lowest BCUT2D eigenvalue weighted by Gasteiger charge is -2.14. The van der Waals surface area contributed by atoms with Crippen LogP contribution in [0.3, 0.4) is 0 Å². The molecule has 16 heavy (non-hydrogen) atoms. The van der Waals surface area contributed by atoms with Crippen LogP contribution in [0.2, 0.25) is 0 Å². The highest BCUT2D eigenvalue weighted by Gasteiger charge is 2.15. The minimum Gasteiger partial charge on any atom is -0.395 e. The van der Waals surface area contributed by atoms with Crippen LogP contribution in [0.1, 0.15) is 45.4 Å².